The minimum atomic E-state index is -0.737. The third-order valence-electron chi connectivity index (χ3n) is 5.51. The first kappa shape index (κ1) is 16.6. The molecule has 1 aromatic heterocycles. The summed E-state index contributed by atoms with van der Waals surface area (Å²) in [6, 6.07) is 7.30. The normalized spacial score (nSPS) is 26.5. The Bertz CT molecular complexity index is 758. The van der Waals surface area contributed by atoms with Crippen LogP contribution in [0.4, 0.5) is 0 Å². The first-order valence-corrected chi connectivity index (χ1v) is 9.19. The van der Waals surface area contributed by atoms with E-state index < -0.39 is 12.0 Å². The van der Waals surface area contributed by atoms with Crippen molar-refractivity contribution in [3.05, 3.63) is 41.4 Å². The van der Waals surface area contributed by atoms with Crippen molar-refractivity contribution in [2.75, 3.05) is 0 Å². The van der Waals surface area contributed by atoms with Crippen LogP contribution in [0.2, 0.25) is 5.02 Å². The van der Waals surface area contributed by atoms with Crippen LogP contribution in [0, 0.1) is 5.92 Å². The monoisotopic (exact) mass is 360 g/mol. The Morgan fingerprint density at radius 1 is 1.28 bits per heavy atom. The smallest absolute Gasteiger partial charge is 0.320 e. The van der Waals surface area contributed by atoms with Crippen LogP contribution in [-0.2, 0) is 11.3 Å². The molecule has 2 aromatic rings. The third kappa shape index (κ3) is 3.31. The van der Waals surface area contributed by atoms with Gasteiger partial charge in [0, 0.05) is 16.6 Å². The number of oxazole rings is 1. The van der Waals surface area contributed by atoms with Crippen molar-refractivity contribution in [2.45, 2.75) is 50.7 Å². The molecule has 1 aromatic carbocycles. The van der Waals surface area contributed by atoms with Gasteiger partial charge >= 0.3 is 5.97 Å². The van der Waals surface area contributed by atoms with E-state index in [1.807, 2.05) is 24.3 Å². The van der Waals surface area contributed by atoms with Gasteiger partial charge in [0.1, 0.15) is 6.04 Å². The molecule has 0 amide bonds. The second kappa shape index (κ2) is 6.81. The van der Waals surface area contributed by atoms with E-state index >= 15 is 0 Å². The lowest BCUT2D eigenvalue weighted by molar-refractivity contribution is -0.143. The Kier molecular flexibility index (Phi) is 4.52. The zero-order valence-corrected chi connectivity index (χ0v) is 14.7. The number of likely N-dealkylation sites (tertiary alicyclic amines) is 1. The maximum Gasteiger partial charge on any atom is 0.320 e. The number of carboxylic acids is 1. The molecule has 1 aliphatic heterocycles. The number of aliphatic carboxylic acids is 1. The number of hydrogen-bond acceptors (Lipinski definition) is 4. The molecular weight excluding hydrogens is 340 g/mol. The van der Waals surface area contributed by atoms with Crippen LogP contribution in [0.25, 0.3) is 11.3 Å². The van der Waals surface area contributed by atoms with Gasteiger partial charge in [0.25, 0.3) is 0 Å². The highest BCUT2D eigenvalue weighted by Gasteiger charge is 2.45. The summed E-state index contributed by atoms with van der Waals surface area (Å²) in [6.45, 7) is 0.450. The summed E-state index contributed by atoms with van der Waals surface area (Å²) in [7, 11) is 0. The van der Waals surface area contributed by atoms with E-state index in [1.165, 1.54) is 12.8 Å². The number of hydrogen-bond donors (Lipinski definition) is 1. The van der Waals surface area contributed by atoms with Gasteiger partial charge in [-0.15, -0.1) is 0 Å². The van der Waals surface area contributed by atoms with E-state index in [0.29, 0.717) is 35.2 Å². The lowest BCUT2D eigenvalue weighted by Crippen LogP contribution is -2.41. The van der Waals surface area contributed by atoms with Crippen LogP contribution < -0.4 is 0 Å². The molecule has 1 saturated heterocycles. The van der Waals surface area contributed by atoms with Gasteiger partial charge in [-0.1, -0.05) is 24.4 Å². The molecule has 25 heavy (non-hydrogen) atoms. The molecule has 0 radical (unpaired) electrons. The summed E-state index contributed by atoms with van der Waals surface area (Å²) in [5.74, 6) is 1.000. The fourth-order valence-corrected chi connectivity index (χ4v) is 4.44. The summed E-state index contributed by atoms with van der Waals surface area (Å²) in [5.41, 5.74) is 0.912. The van der Waals surface area contributed by atoms with Gasteiger partial charge in [0.05, 0.1) is 12.7 Å². The fraction of sp³-hybridized carbons (Fsp3) is 0.474. The van der Waals surface area contributed by atoms with Crippen LogP contribution >= 0.6 is 11.6 Å². The highest BCUT2D eigenvalue weighted by Crippen LogP contribution is 2.40. The van der Waals surface area contributed by atoms with Crippen molar-refractivity contribution >= 4 is 17.6 Å². The summed E-state index contributed by atoms with van der Waals surface area (Å²) in [6.07, 6.45) is 7.02. The van der Waals surface area contributed by atoms with Crippen LogP contribution in [0.3, 0.4) is 0 Å². The van der Waals surface area contributed by atoms with Crippen LogP contribution in [0.15, 0.2) is 34.9 Å². The predicted octanol–water partition coefficient (Wildman–Crippen LogP) is 4.21. The summed E-state index contributed by atoms with van der Waals surface area (Å²) < 4.78 is 5.89. The zero-order chi connectivity index (χ0) is 17.4. The Hall–Kier alpha value is -1.85. The molecule has 5 nitrogen and oxygen atoms in total. The standard InChI is InChI=1S/C19H21ClN2O3/c20-14-7-5-12(6-8-14)17-10-21-18(25-17)11-22-15-4-2-1-3-13(15)9-16(22)19(23)24/h5-8,10,13,15-16H,1-4,9,11H2,(H,23,24)/t13-,15+,16-/m0/s1. The molecular formula is C19H21ClN2O3. The largest absolute Gasteiger partial charge is 0.480 e. The Labute approximate surface area is 151 Å². The molecule has 2 fully saturated rings. The molecule has 4 rings (SSSR count). The SMILES string of the molecule is O=C(O)[C@@H]1C[C@@H]2CCCC[C@H]2N1Cc1ncc(-c2ccc(Cl)cc2)o1. The summed E-state index contributed by atoms with van der Waals surface area (Å²) >= 11 is 5.92. The van der Waals surface area contributed by atoms with Gasteiger partial charge in [-0.05, 0) is 49.4 Å². The van der Waals surface area contributed by atoms with Gasteiger partial charge in [0.15, 0.2) is 5.76 Å². The van der Waals surface area contributed by atoms with E-state index in [9.17, 15) is 9.90 Å². The summed E-state index contributed by atoms with van der Waals surface area (Å²) in [5, 5.41) is 10.3. The maximum atomic E-state index is 11.7. The van der Waals surface area contributed by atoms with Crippen LogP contribution in [-0.4, -0.2) is 33.0 Å². The number of benzene rings is 1. The highest BCUT2D eigenvalue weighted by atomic mass is 35.5. The highest BCUT2D eigenvalue weighted by molar-refractivity contribution is 6.30. The number of nitrogens with zero attached hydrogens (tertiary/aromatic N) is 2. The molecule has 1 saturated carbocycles. The third-order valence-corrected chi connectivity index (χ3v) is 5.76. The lowest BCUT2D eigenvalue weighted by atomic mass is 9.85. The minimum absolute atomic E-state index is 0.334. The number of aromatic nitrogens is 1. The first-order valence-electron chi connectivity index (χ1n) is 8.81. The predicted molar refractivity (Wildman–Crippen MR) is 94.3 cm³/mol. The van der Waals surface area contributed by atoms with Crippen LogP contribution in [0.1, 0.15) is 38.0 Å². The average molecular weight is 361 g/mol. The molecule has 132 valence electrons. The van der Waals surface area contributed by atoms with Crippen LogP contribution in [0.5, 0.6) is 0 Å². The van der Waals surface area contributed by atoms with E-state index in [2.05, 4.69) is 9.88 Å². The average Bonchev–Trinajstić information content (AvgIpc) is 3.21. The Morgan fingerprint density at radius 3 is 2.80 bits per heavy atom. The second-order valence-electron chi connectivity index (χ2n) is 7.00. The molecule has 0 spiro atoms. The van der Waals surface area contributed by atoms with Gasteiger partial charge in [-0.3, -0.25) is 9.69 Å². The summed E-state index contributed by atoms with van der Waals surface area (Å²) in [4.78, 5) is 18.2. The quantitative estimate of drug-likeness (QED) is 0.884. The van der Waals surface area contributed by atoms with E-state index in [0.717, 1.165) is 24.8 Å². The second-order valence-corrected chi connectivity index (χ2v) is 7.44. The Balaban J connectivity index is 1.54. The Morgan fingerprint density at radius 2 is 2.04 bits per heavy atom. The van der Waals surface area contributed by atoms with Gasteiger partial charge in [-0.2, -0.15) is 0 Å². The molecule has 2 aliphatic rings. The fourth-order valence-electron chi connectivity index (χ4n) is 4.31. The molecule has 1 N–H and O–H groups in total. The molecule has 3 atom stereocenters. The van der Waals surface area contributed by atoms with E-state index in [-0.39, 0.29) is 0 Å². The number of carbonyl (C=O) groups is 1. The molecule has 0 bridgehead atoms. The van der Waals surface area contributed by atoms with Crippen molar-refractivity contribution in [2.24, 2.45) is 5.92 Å². The zero-order valence-electron chi connectivity index (χ0n) is 13.9. The number of halogens is 1. The maximum absolute atomic E-state index is 11.7. The number of fused-ring (bicyclic) bond motifs is 1. The van der Waals surface area contributed by atoms with Crippen molar-refractivity contribution in [3.8, 4) is 11.3 Å². The van der Waals surface area contributed by atoms with E-state index in [1.54, 1.807) is 6.20 Å². The van der Waals surface area contributed by atoms with Crippen molar-refractivity contribution < 1.29 is 14.3 Å². The van der Waals surface area contributed by atoms with Gasteiger partial charge < -0.3 is 9.52 Å². The topological polar surface area (TPSA) is 66.6 Å². The minimum Gasteiger partial charge on any atom is -0.480 e. The van der Waals surface area contributed by atoms with Gasteiger partial charge in [-0.25, -0.2) is 4.98 Å². The number of rotatable bonds is 4. The van der Waals surface area contributed by atoms with Crippen molar-refractivity contribution in [1.82, 2.24) is 9.88 Å². The van der Waals surface area contributed by atoms with Gasteiger partial charge in [0.2, 0.25) is 5.89 Å². The first-order chi connectivity index (χ1) is 12.1. The lowest BCUT2D eigenvalue weighted by Gasteiger charge is -2.32. The molecule has 2 heterocycles. The van der Waals surface area contributed by atoms with Crippen molar-refractivity contribution in [1.29, 1.82) is 0 Å². The van der Waals surface area contributed by atoms with Crippen molar-refractivity contribution in [3.63, 3.8) is 0 Å². The number of carboxylic acid groups (broad SMARTS) is 1. The molecule has 1 aliphatic carbocycles. The molecule has 6 heteroatoms. The molecule has 0 unspecified atom stereocenters. The van der Waals surface area contributed by atoms with E-state index in [4.69, 9.17) is 16.0 Å².